The summed E-state index contributed by atoms with van der Waals surface area (Å²) in [6, 6.07) is 0.782. The van der Waals surface area contributed by atoms with Gasteiger partial charge in [-0.15, -0.1) is 0 Å². The third kappa shape index (κ3) is 3.45. The number of rotatable bonds is 6. The molecule has 0 heterocycles. The summed E-state index contributed by atoms with van der Waals surface area (Å²) in [6.07, 6.45) is 8.46. The van der Waals surface area contributed by atoms with Crippen LogP contribution in [0.3, 0.4) is 0 Å². The van der Waals surface area contributed by atoms with E-state index in [1.54, 1.807) is 0 Å². The molecule has 2 aliphatic rings. The lowest BCUT2D eigenvalue weighted by Crippen LogP contribution is -2.47. The van der Waals surface area contributed by atoms with Gasteiger partial charge in [-0.1, -0.05) is 26.7 Å². The quantitative estimate of drug-likeness (QED) is 0.771. The first-order valence-electron chi connectivity index (χ1n) is 7.72. The predicted octanol–water partition coefficient (Wildman–Crippen LogP) is 2.87. The zero-order valence-corrected chi connectivity index (χ0v) is 11.7. The zero-order valence-electron chi connectivity index (χ0n) is 11.7. The van der Waals surface area contributed by atoms with Crippen molar-refractivity contribution in [2.45, 2.75) is 58.4 Å². The maximum atomic E-state index is 5.99. The van der Waals surface area contributed by atoms with Gasteiger partial charge in [0.25, 0.3) is 0 Å². The number of nitrogens with zero attached hydrogens (tertiary/aromatic N) is 1. The van der Waals surface area contributed by atoms with Gasteiger partial charge in [-0.3, -0.25) is 0 Å². The van der Waals surface area contributed by atoms with Gasteiger partial charge < -0.3 is 10.6 Å². The van der Waals surface area contributed by atoms with E-state index in [0.717, 1.165) is 30.3 Å². The Hall–Kier alpha value is -0.0800. The van der Waals surface area contributed by atoms with Crippen molar-refractivity contribution in [1.82, 2.24) is 4.90 Å². The monoisotopic (exact) mass is 238 g/mol. The average Bonchev–Trinajstić information content (AvgIpc) is 3.19. The first-order chi connectivity index (χ1) is 8.28. The molecule has 0 aliphatic heterocycles. The lowest BCUT2D eigenvalue weighted by molar-refractivity contribution is 0.0808. The maximum absolute atomic E-state index is 5.99. The Bertz CT molecular complexity index is 225. The molecular weight excluding hydrogens is 208 g/mol. The molecule has 17 heavy (non-hydrogen) atoms. The van der Waals surface area contributed by atoms with Crippen LogP contribution in [0.2, 0.25) is 0 Å². The van der Waals surface area contributed by atoms with E-state index < -0.39 is 0 Å². The summed E-state index contributed by atoms with van der Waals surface area (Å²) in [5.41, 5.74) is 5.99. The molecule has 0 spiro atoms. The Kier molecular flexibility index (Phi) is 4.87. The van der Waals surface area contributed by atoms with Crippen molar-refractivity contribution in [1.29, 1.82) is 0 Å². The minimum Gasteiger partial charge on any atom is -0.330 e. The minimum absolute atomic E-state index is 0.761. The molecule has 3 unspecified atom stereocenters. The van der Waals surface area contributed by atoms with E-state index in [1.165, 1.54) is 51.6 Å². The Morgan fingerprint density at radius 2 is 1.76 bits per heavy atom. The topological polar surface area (TPSA) is 29.3 Å². The van der Waals surface area contributed by atoms with Gasteiger partial charge in [0.05, 0.1) is 0 Å². The largest absolute Gasteiger partial charge is 0.330 e. The Labute approximate surface area is 107 Å². The van der Waals surface area contributed by atoms with Crippen LogP contribution in [-0.2, 0) is 0 Å². The fourth-order valence-corrected chi connectivity index (χ4v) is 3.52. The van der Waals surface area contributed by atoms with Crippen molar-refractivity contribution in [3.05, 3.63) is 0 Å². The van der Waals surface area contributed by atoms with E-state index in [-0.39, 0.29) is 0 Å². The van der Waals surface area contributed by atoms with Gasteiger partial charge in [-0.25, -0.2) is 0 Å². The van der Waals surface area contributed by atoms with Crippen LogP contribution in [0.15, 0.2) is 0 Å². The molecule has 0 bridgehead atoms. The molecule has 0 saturated heterocycles. The Morgan fingerprint density at radius 3 is 2.29 bits per heavy atom. The first kappa shape index (κ1) is 13.4. The van der Waals surface area contributed by atoms with Crippen molar-refractivity contribution < 1.29 is 0 Å². The first-order valence-corrected chi connectivity index (χ1v) is 7.72. The van der Waals surface area contributed by atoms with Crippen molar-refractivity contribution in [3.63, 3.8) is 0 Å². The lowest BCUT2D eigenvalue weighted by atomic mass is 9.76. The van der Waals surface area contributed by atoms with E-state index in [1.807, 2.05) is 0 Å². The van der Waals surface area contributed by atoms with Gasteiger partial charge in [0.15, 0.2) is 0 Å². The highest BCUT2D eigenvalue weighted by Gasteiger charge is 2.34. The van der Waals surface area contributed by atoms with Crippen LogP contribution in [0.25, 0.3) is 0 Å². The third-order valence-electron chi connectivity index (χ3n) is 5.01. The van der Waals surface area contributed by atoms with E-state index in [4.69, 9.17) is 5.73 Å². The molecule has 2 fully saturated rings. The van der Waals surface area contributed by atoms with E-state index in [0.29, 0.717) is 0 Å². The molecule has 0 radical (unpaired) electrons. The maximum Gasteiger partial charge on any atom is 0.0138 e. The summed E-state index contributed by atoms with van der Waals surface area (Å²) in [5, 5.41) is 0. The molecule has 2 N–H and O–H groups in total. The van der Waals surface area contributed by atoms with Gasteiger partial charge in [0.1, 0.15) is 0 Å². The molecule has 2 aliphatic carbocycles. The number of hydrogen-bond acceptors (Lipinski definition) is 2. The Balaban J connectivity index is 1.95. The molecule has 100 valence electrons. The van der Waals surface area contributed by atoms with Gasteiger partial charge >= 0.3 is 0 Å². The number of hydrogen-bond donors (Lipinski definition) is 1. The second kappa shape index (κ2) is 6.19. The zero-order chi connectivity index (χ0) is 12.3. The Morgan fingerprint density at radius 1 is 1.06 bits per heavy atom. The summed E-state index contributed by atoms with van der Waals surface area (Å²) in [6.45, 7) is 8.12. The van der Waals surface area contributed by atoms with Crippen LogP contribution >= 0.6 is 0 Å². The van der Waals surface area contributed by atoms with Crippen LogP contribution in [0, 0.1) is 17.8 Å². The van der Waals surface area contributed by atoms with Crippen molar-refractivity contribution >= 4 is 0 Å². The minimum atomic E-state index is 0.761. The SMILES string of the molecule is CCC1CCC(CN)C(N(CC)CC2CC2)C1. The van der Waals surface area contributed by atoms with Crippen LogP contribution in [0.1, 0.15) is 52.4 Å². The molecule has 2 heteroatoms. The summed E-state index contributed by atoms with van der Waals surface area (Å²) >= 11 is 0. The van der Waals surface area contributed by atoms with E-state index >= 15 is 0 Å². The molecule has 0 aromatic heterocycles. The normalized spacial score (nSPS) is 34.2. The molecule has 3 atom stereocenters. The van der Waals surface area contributed by atoms with Crippen molar-refractivity contribution in [2.24, 2.45) is 23.5 Å². The smallest absolute Gasteiger partial charge is 0.0138 e. The molecule has 0 amide bonds. The highest BCUT2D eigenvalue weighted by atomic mass is 15.2. The van der Waals surface area contributed by atoms with E-state index in [2.05, 4.69) is 18.7 Å². The molecule has 0 aromatic rings. The standard InChI is InChI=1S/C15H30N2/c1-3-12-7-8-14(10-16)15(9-12)17(4-2)11-13-5-6-13/h12-15H,3-11,16H2,1-2H3. The summed E-state index contributed by atoms with van der Waals surface area (Å²) < 4.78 is 0. The van der Waals surface area contributed by atoms with Gasteiger partial charge in [0.2, 0.25) is 0 Å². The van der Waals surface area contributed by atoms with E-state index in [9.17, 15) is 0 Å². The highest BCUT2D eigenvalue weighted by Crippen LogP contribution is 2.36. The molecule has 2 saturated carbocycles. The fraction of sp³-hybridized carbons (Fsp3) is 1.00. The van der Waals surface area contributed by atoms with Crippen LogP contribution in [0.4, 0.5) is 0 Å². The summed E-state index contributed by atoms with van der Waals surface area (Å²) in [7, 11) is 0. The predicted molar refractivity (Wildman–Crippen MR) is 73.9 cm³/mol. The molecule has 0 aromatic carbocycles. The fourth-order valence-electron chi connectivity index (χ4n) is 3.52. The summed E-state index contributed by atoms with van der Waals surface area (Å²) in [5.74, 6) is 2.72. The number of nitrogens with two attached hydrogens (primary N) is 1. The van der Waals surface area contributed by atoms with Gasteiger partial charge in [-0.2, -0.15) is 0 Å². The molecular formula is C15H30N2. The van der Waals surface area contributed by atoms with Crippen molar-refractivity contribution in [2.75, 3.05) is 19.6 Å². The average molecular weight is 238 g/mol. The summed E-state index contributed by atoms with van der Waals surface area (Å²) in [4.78, 5) is 2.75. The lowest BCUT2D eigenvalue weighted by Gasteiger charge is -2.42. The van der Waals surface area contributed by atoms with Gasteiger partial charge in [-0.05, 0) is 56.5 Å². The van der Waals surface area contributed by atoms with Gasteiger partial charge in [0, 0.05) is 12.6 Å². The van der Waals surface area contributed by atoms with Crippen LogP contribution < -0.4 is 5.73 Å². The molecule has 2 nitrogen and oxygen atoms in total. The third-order valence-corrected chi connectivity index (χ3v) is 5.01. The van der Waals surface area contributed by atoms with Crippen LogP contribution in [-0.4, -0.2) is 30.6 Å². The second-order valence-corrected chi connectivity index (χ2v) is 6.18. The highest BCUT2D eigenvalue weighted by molar-refractivity contribution is 4.89. The second-order valence-electron chi connectivity index (χ2n) is 6.18. The van der Waals surface area contributed by atoms with Crippen LogP contribution in [0.5, 0.6) is 0 Å². The molecule has 2 rings (SSSR count). The van der Waals surface area contributed by atoms with Crippen molar-refractivity contribution in [3.8, 4) is 0 Å².